The summed E-state index contributed by atoms with van der Waals surface area (Å²) >= 11 is 0. The third-order valence-corrected chi connectivity index (χ3v) is 6.52. The van der Waals surface area contributed by atoms with E-state index in [1.165, 1.54) is 6.07 Å². The van der Waals surface area contributed by atoms with Gasteiger partial charge in [-0.05, 0) is 25.0 Å². The van der Waals surface area contributed by atoms with Gasteiger partial charge >= 0.3 is 0 Å². The number of rotatable bonds is 4. The zero-order valence-electron chi connectivity index (χ0n) is 16.3. The second kappa shape index (κ2) is 7.89. The molecule has 1 aromatic carbocycles. The maximum atomic E-state index is 12.8. The number of hydrogen-bond acceptors (Lipinski definition) is 6. The maximum Gasteiger partial charge on any atom is 0.263 e. The minimum atomic E-state index is -3.62. The first-order valence-electron chi connectivity index (χ1n) is 9.37. The maximum absolute atomic E-state index is 12.8. The topological polar surface area (TPSA) is 106 Å². The van der Waals surface area contributed by atoms with Gasteiger partial charge in [0.1, 0.15) is 17.9 Å². The van der Waals surface area contributed by atoms with Crippen LogP contribution < -0.4 is 4.72 Å². The molecule has 2 atom stereocenters. The lowest BCUT2D eigenvalue weighted by atomic mass is 10.0. The molecule has 28 heavy (non-hydrogen) atoms. The fraction of sp³-hybridized carbons (Fsp3) is 0.526. The van der Waals surface area contributed by atoms with Crippen molar-refractivity contribution in [3.8, 4) is 6.07 Å². The summed E-state index contributed by atoms with van der Waals surface area (Å²) in [6.07, 6.45) is 0. The van der Waals surface area contributed by atoms with Crippen LogP contribution in [-0.4, -0.2) is 68.2 Å². The number of amidine groups is 1. The zero-order chi connectivity index (χ0) is 20.5. The predicted molar refractivity (Wildman–Crippen MR) is 105 cm³/mol. The first-order valence-corrected chi connectivity index (χ1v) is 10.9. The van der Waals surface area contributed by atoms with Gasteiger partial charge in [0.05, 0.1) is 11.0 Å². The van der Waals surface area contributed by atoms with Crippen molar-refractivity contribution in [1.82, 2.24) is 14.5 Å². The van der Waals surface area contributed by atoms with Crippen LogP contribution in [0.1, 0.15) is 26.3 Å². The molecule has 1 aromatic rings. The standard InChI is InChI=1S/C19H25N5O3S/c1-13(2)16(12-20)23-8-10-24(11-9-23)19(25)14(3)21-18-15-6-4-5-7-17(15)28(26,27)22-18/h4-7,13-14,16H,8-11H2,1-3H3,(H,21,22)/t14-,16?/m0/s1. The highest BCUT2D eigenvalue weighted by Gasteiger charge is 2.33. The van der Waals surface area contributed by atoms with Gasteiger partial charge in [0.25, 0.3) is 10.0 Å². The number of piperazine rings is 1. The summed E-state index contributed by atoms with van der Waals surface area (Å²) in [6, 6.07) is 8.07. The van der Waals surface area contributed by atoms with Crippen LogP contribution in [0.25, 0.3) is 0 Å². The van der Waals surface area contributed by atoms with Crippen LogP contribution in [0.5, 0.6) is 0 Å². The van der Waals surface area contributed by atoms with Crippen molar-refractivity contribution in [2.75, 3.05) is 26.2 Å². The number of hydrogen-bond donors (Lipinski definition) is 1. The molecule has 0 spiro atoms. The Morgan fingerprint density at radius 1 is 1.18 bits per heavy atom. The molecule has 0 saturated carbocycles. The fourth-order valence-electron chi connectivity index (χ4n) is 3.62. The largest absolute Gasteiger partial charge is 0.338 e. The second-order valence-electron chi connectivity index (χ2n) is 7.43. The number of carbonyl (C=O) groups is 1. The average molecular weight is 404 g/mol. The molecule has 3 rings (SSSR count). The number of fused-ring (bicyclic) bond motifs is 1. The number of nitrogens with one attached hydrogen (secondary N) is 1. The molecule has 0 aliphatic carbocycles. The normalized spacial score (nSPS) is 22.4. The van der Waals surface area contributed by atoms with Gasteiger partial charge in [-0.15, -0.1) is 0 Å². The Hall–Kier alpha value is -2.44. The minimum absolute atomic E-state index is 0.145. The van der Waals surface area contributed by atoms with Crippen LogP contribution in [0.4, 0.5) is 0 Å². The highest BCUT2D eigenvalue weighted by molar-refractivity contribution is 7.90. The lowest BCUT2D eigenvalue weighted by Crippen LogP contribution is -2.54. The zero-order valence-corrected chi connectivity index (χ0v) is 17.1. The summed E-state index contributed by atoms with van der Waals surface area (Å²) in [6.45, 7) is 8.04. The molecule has 0 bridgehead atoms. The summed E-state index contributed by atoms with van der Waals surface area (Å²) < 4.78 is 26.8. The smallest absolute Gasteiger partial charge is 0.263 e. The van der Waals surface area contributed by atoms with Crippen molar-refractivity contribution in [2.24, 2.45) is 10.9 Å². The van der Waals surface area contributed by atoms with Crippen molar-refractivity contribution >= 4 is 21.8 Å². The van der Waals surface area contributed by atoms with Crippen molar-refractivity contribution < 1.29 is 13.2 Å². The number of benzene rings is 1. The first-order chi connectivity index (χ1) is 13.2. The SMILES string of the molecule is CC(C)C(C#N)N1CCN(C(=O)[C@H](C)N=C2NS(=O)(=O)c3ccccc32)CC1. The van der Waals surface area contributed by atoms with Crippen molar-refractivity contribution in [2.45, 2.75) is 37.8 Å². The molecule has 1 N–H and O–H groups in total. The molecular weight excluding hydrogens is 378 g/mol. The third-order valence-electron chi connectivity index (χ3n) is 5.13. The molecule has 150 valence electrons. The fourth-order valence-corrected chi connectivity index (χ4v) is 4.85. The lowest BCUT2D eigenvalue weighted by molar-refractivity contribution is -0.134. The van der Waals surface area contributed by atoms with Crippen molar-refractivity contribution in [3.05, 3.63) is 29.8 Å². The van der Waals surface area contributed by atoms with Gasteiger partial charge in [-0.2, -0.15) is 5.26 Å². The van der Waals surface area contributed by atoms with Crippen LogP contribution in [0.3, 0.4) is 0 Å². The van der Waals surface area contributed by atoms with Crippen molar-refractivity contribution in [3.63, 3.8) is 0 Å². The van der Waals surface area contributed by atoms with Gasteiger partial charge in [-0.25, -0.2) is 8.42 Å². The van der Waals surface area contributed by atoms with Crippen molar-refractivity contribution in [1.29, 1.82) is 5.26 Å². The molecule has 2 aliphatic rings. The lowest BCUT2D eigenvalue weighted by Gasteiger charge is -2.38. The molecule has 1 amide bonds. The van der Waals surface area contributed by atoms with E-state index in [1.54, 1.807) is 30.0 Å². The number of sulfonamides is 1. The quantitative estimate of drug-likeness (QED) is 0.801. The van der Waals surface area contributed by atoms with E-state index in [4.69, 9.17) is 0 Å². The van der Waals surface area contributed by atoms with E-state index in [9.17, 15) is 18.5 Å². The molecule has 0 aromatic heterocycles. The number of carbonyl (C=O) groups excluding carboxylic acids is 1. The van der Waals surface area contributed by atoms with Gasteiger partial charge in [0.2, 0.25) is 5.91 Å². The first kappa shape index (κ1) is 20.3. The molecular formula is C19H25N5O3S. The molecule has 1 unspecified atom stereocenters. The van der Waals surface area contributed by atoms with Gasteiger partial charge in [0.15, 0.2) is 0 Å². The van der Waals surface area contributed by atoms with Crippen LogP contribution in [0, 0.1) is 17.2 Å². The summed E-state index contributed by atoms with van der Waals surface area (Å²) in [5.74, 6) is 0.293. The van der Waals surface area contributed by atoms with Gasteiger partial charge in [0, 0.05) is 31.7 Å². The van der Waals surface area contributed by atoms with E-state index in [1.807, 2.05) is 13.8 Å². The van der Waals surface area contributed by atoms with Crippen LogP contribution in [-0.2, 0) is 14.8 Å². The van der Waals surface area contributed by atoms with E-state index in [0.29, 0.717) is 31.7 Å². The number of aliphatic imine (C=N–C) groups is 1. The minimum Gasteiger partial charge on any atom is -0.338 e. The van der Waals surface area contributed by atoms with Gasteiger partial charge in [-0.3, -0.25) is 19.4 Å². The monoisotopic (exact) mass is 403 g/mol. The Labute approximate surface area is 165 Å². The molecule has 0 radical (unpaired) electrons. The molecule has 8 nitrogen and oxygen atoms in total. The number of amides is 1. The average Bonchev–Trinajstić information content (AvgIpc) is 2.92. The molecule has 9 heteroatoms. The van der Waals surface area contributed by atoms with E-state index in [-0.39, 0.29) is 28.6 Å². The highest BCUT2D eigenvalue weighted by Crippen LogP contribution is 2.23. The van der Waals surface area contributed by atoms with Crippen LogP contribution in [0.2, 0.25) is 0 Å². The summed E-state index contributed by atoms with van der Waals surface area (Å²) in [5, 5.41) is 9.35. The molecule has 2 heterocycles. The van der Waals surface area contributed by atoms with E-state index < -0.39 is 16.1 Å². The summed E-state index contributed by atoms with van der Waals surface area (Å²) in [5.41, 5.74) is 0.487. The van der Waals surface area contributed by atoms with Crippen LogP contribution >= 0.6 is 0 Å². The Balaban J connectivity index is 1.68. The molecule has 1 fully saturated rings. The van der Waals surface area contributed by atoms with Gasteiger partial charge in [-0.1, -0.05) is 26.0 Å². The van der Waals surface area contributed by atoms with Crippen LogP contribution in [0.15, 0.2) is 34.2 Å². The van der Waals surface area contributed by atoms with E-state index in [0.717, 1.165) is 0 Å². The second-order valence-corrected chi connectivity index (χ2v) is 9.09. The van der Waals surface area contributed by atoms with E-state index >= 15 is 0 Å². The van der Waals surface area contributed by atoms with E-state index in [2.05, 4.69) is 20.7 Å². The third kappa shape index (κ3) is 3.88. The Morgan fingerprint density at radius 2 is 1.82 bits per heavy atom. The van der Waals surface area contributed by atoms with Gasteiger partial charge < -0.3 is 4.90 Å². The number of nitriles is 1. The summed E-state index contributed by atoms with van der Waals surface area (Å²) in [4.78, 5) is 21.2. The predicted octanol–water partition coefficient (Wildman–Crippen LogP) is 0.806. The highest BCUT2D eigenvalue weighted by atomic mass is 32.2. The summed E-state index contributed by atoms with van der Waals surface area (Å²) in [7, 11) is -3.62. The molecule has 2 aliphatic heterocycles. The molecule has 1 saturated heterocycles. The Bertz CT molecular complexity index is 927. The Morgan fingerprint density at radius 3 is 2.43 bits per heavy atom. The Kier molecular flexibility index (Phi) is 5.72. The number of nitrogens with zero attached hydrogens (tertiary/aromatic N) is 4.